The molecule has 2 aromatic carbocycles. The van der Waals surface area contributed by atoms with Gasteiger partial charge in [0.25, 0.3) is 11.6 Å². The van der Waals surface area contributed by atoms with Crippen LogP contribution >= 0.6 is 11.6 Å². The molecule has 186 valence electrons. The maximum atomic E-state index is 13.2. The van der Waals surface area contributed by atoms with Gasteiger partial charge in [-0.3, -0.25) is 14.9 Å². The highest BCUT2D eigenvalue weighted by Gasteiger charge is 2.22. The third-order valence-electron chi connectivity index (χ3n) is 5.98. The van der Waals surface area contributed by atoms with Crippen molar-refractivity contribution < 1.29 is 9.72 Å². The van der Waals surface area contributed by atoms with Crippen LogP contribution in [-0.2, 0) is 0 Å². The van der Waals surface area contributed by atoms with E-state index >= 15 is 0 Å². The van der Waals surface area contributed by atoms with Gasteiger partial charge in [-0.05, 0) is 36.4 Å². The maximum Gasteiger partial charge on any atom is 0.274 e. The second kappa shape index (κ2) is 10.6. The van der Waals surface area contributed by atoms with Crippen LogP contribution in [0.2, 0.25) is 5.02 Å². The van der Waals surface area contributed by atoms with Crippen molar-refractivity contribution in [1.82, 2.24) is 15.0 Å². The number of hydrogen-bond acceptors (Lipinski definition) is 8. The molecule has 3 heterocycles. The lowest BCUT2D eigenvalue weighted by Gasteiger charge is -2.36. The lowest BCUT2D eigenvalue weighted by Crippen LogP contribution is -2.47. The quantitative estimate of drug-likeness (QED) is 0.290. The summed E-state index contributed by atoms with van der Waals surface area (Å²) in [5, 5.41) is 14.3. The van der Waals surface area contributed by atoms with E-state index in [2.05, 4.69) is 25.1 Å². The molecule has 4 aromatic rings. The summed E-state index contributed by atoms with van der Waals surface area (Å²) in [5.41, 5.74) is 1.15. The number of para-hydroxylation sites is 1. The van der Waals surface area contributed by atoms with E-state index in [9.17, 15) is 14.9 Å². The fourth-order valence-corrected chi connectivity index (χ4v) is 4.21. The van der Waals surface area contributed by atoms with Crippen LogP contribution in [0.4, 0.5) is 23.0 Å². The van der Waals surface area contributed by atoms with Crippen molar-refractivity contribution in [3.8, 4) is 11.4 Å². The molecular weight excluding hydrogens is 494 g/mol. The van der Waals surface area contributed by atoms with Crippen molar-refractivity contribution in [2.75, 3.05) is 41.3 Å². The third kappa shape index (κ3) is 5.49. The first kappa shape index (κ1) is 24.1. The number of benzene rings is 2. The summed E-state index contributed by atoms with van der Waals surface area (Å²) in [6.07, 6.45) is 1.77. The molecule has 1 N–H and O–H groups in total. The maximum absolute atomic E-state index is 13.2. The van der Waals surface area contributed by atoms with Crippen LogP contribution in [-0.4, -0.2) is 52.0 Å². The van der Waals surface area contributed by atoms with E-state index in [1.54, 1.807) is 48.7 Å². The minimum absolute atomic E-state index is 0.0396. The standard InChI is InChI=1S/C26H22ClN7O3/c27-20-5-1-2-6-21(20)30-26(35)22-17-24(31-25(29-22)18-8-10-19(11-9-18)34(36)37)33-15-13-32(14-16-33)23-7-3-4-12-28-23/h1-12,17H,13-16H2,(H,30,35). The first-order chi connectivity index (χ1) is 18.0. The van der Waals surface area contributed by atoms with Crippen molar-refractivity contribution in [3.63, 3.8) is 0 Å². The summed E-state index contributed by atoms with van der Waals surface area (Å²) in [7, 11) is 0. The van der Waals surface area contributed by atoms with Crippen LogP contribution in [0.15, 0.2) is 79.0 Å². The number of pyridine rings is 1. The number of amides is 1. The molecule has 1 amide bonds. The SMILES string of the molecule is O=C(Nc1ccccc1Cl)c1cc(N2CCN(c3ccccn3)CC2)nc(-c2ccc([N+](=O)[O-])cc2)n1. The van der Waals surface area contributed by atoms with Crippen molar-refractivity contribution in [3.05, 3.63) is 99.8 Å². The monoisotopic (exact) mass is 515 g/mol. The predicted octanol–water partition coefficient (Wildman–Crippen LogP) is 4.68. The van der Waals surface area contributed by atoms with Gasteiger partial charge in [-0.25, -0.2) is 15.0 Å². The van der Waals surface area contributed by atoms with Gasteiger partial charge in [0.05, 0.1) is 15.6 Å². The van der Waals surface area contributed by atoms with E-state index in [1.807, 2.05) is 18.2 Å². The van der Waals surface area contributed by atoms with Gasteiger partial charge in [0.2, 0.25) is 0 Å². The zero-order chi connectivity index (χ0) is 25.8. The normalized spacial score (nSPS) is 13.3. The Morgan fingerprint density at radius 2 is 1.57 bits per heavy atom. The third-order valence-corrected chi connectivity index (χ3v) is 6.31. The highest BCUT2D eigenvalue weighted by Crippen LogP contribution is 2.26. The Labute approximate surface area is 217 Å². The number of non-ortho nitro benzene ring substituents is 1. The minimum atomic E-state index is -0.468. The number of rotatable bonds is 6. The molecule has 11 heteroatoms. The lowest BCUT2D eigenvalue weighted by atomic mass is 10.2. The topological polar surface area (TPSA) is 117 Å². The second-order valence-electron chi connectivity index (χ2n) is 8.33. The summed E-state index contributed by atoms with van der Waals surface area (Å²) in [6.45, 7) is 2.79. The summed E-state index contributed by atoms with van der Waals surface area (Å²) in [5.74, 6) is 1.36. The number of carbonyl (C=O) groups is 1. The Hall–Kier alpha value is -4.57. The van der Waals surface area contributed by atoms with E-state index in [1.165, 1.54) is 12.1 Å². The summed E-state index contributed by atoms with van der Waals surface area (Å²) in [6, 6.07) is 20.3. The number of aromatic nitrogens is 3. The van der Waals surface area contributed by atoms with E-state index in [4.69, 9.17) is 16.6 Å². The van der Waals surface area contributed by atoms with Gasteiger partial charge >= 0.3 is 0 Å². The van der Waals surface area contributed by atoms with Crippen molar-refractivity contribution in [2.24, 2.45) is 0 Å². The minimum Gasteiger partial charge on any atom is -0.353 e. The van der Waals surface area contributed by atoms with Gasteiger partial charge in [0.1, 0.15) is 17.3 Å². The zero-order valence-corrected chi connectivity index (χ0v) is 20.4. The van der Waals surface area contributed by atoms with E-state index in [0.29, 0.717) is 41.0 Å². The molecule has 10 nitrogen and oxygen atoms in total. The Morgan fingerprint density at radius 1 is 0.892 bits per heavy atom. The highest BCUT2D eigenvalue weighted by molar-refractivity contribution is 6.33. The van der Waals surface area contributed by atoms with E-state index in [-0.39, 0.29) is 11.4 Å². The van der Waals surface area contributed by atoms with Gasteiger partial charge in [0, 0.05) is 56.1 Å². The highest BCUT2D eigenvalue weighted by atomic mass is 35.5. The molecule has 1 saturated heterocycles. The number of anilines is 3. The number of nitrogens with one attached hydrogen (secondary N) is 1. The smallest absolute Gasteiger partial charge is 0.274 e. The predicted molar refractivity (Wildman–Crippen MR) is 142 cm³/mol. The van der Waals surface area contributed by atoms with Crippen LogP contribution in [0.5, 0.6) is 0 Å². The summed E-state index contributed by atoms with van der Waals surface area (Å²) >= 11 is 6.22. The largest absolute Gasteiger partial charge is 0.353 e. The van der Waals surface area contributed by atoms with Crippen LogP contribution < -0.4 is 15.1 Å². The van der Waals surface area contributed by atoms with Crippen LogP contribution in [0.3, 0.4) is 0 Å². The molecule has 2 aromatic heterocycles. The van der Waals surface area contributed by atoms with Crippen molar-refractivity contribution in [1.29, 1.82) is 0 Å². The molecule has 37 heavy (non-hydrogen) atoms. The number of hydrogen-bond donors (Lipinski definition) is 1. The fourth-order valence-electron chi connectivity index (χ4n) is 4.03. The van der Waals surface area contributed by atoms with Gasteiger partial charge in [-0.1, -0.05) is 29.8 Å². The van der Waals surface area contributed by atoms with Crippen LogP contribution in [0, 0.1) is 10.1 Å². The van der Waals surface area contributed by atoms with E-state index in [0.717, 1.165) is 18.9 Å². The zero-order valence-electron chi connectivity index (χ0n) is 19.6. The fraction of sp³-hybridized carbons (Fsp3) is 0.154. The molecule has 1 fully saturated rings. The number of nitro benzene ring substituents is 1. The molecule has 0 saturated carbocycles. The van der Waals surface area contributed by atoms with Crippen LogP contribution in [0.25, 0.3) is 11.4 Å². The number of carbonyl (C=O) groups excluding carboxylic acids is 1. The average Bonchev–Trinajstić information content (AvgIpc) is 2.94. The first-order valence-corrected chi connectivity index (χ1v) is 12.0. The Bertz CT molecular complexity index is 1430. The number of nitrogens with zero attached hydrogens (tertiary/aromatic N) is 6. The molecule has 1 aliphatic heterocycles. The van der Waals surface area contributed by atoms with Crippen molar-refractivity contribution in [2.45, 2.75) is 0 Å². The Morgan fingerprint density at radius 3 is 2.22 bits per heavy atom. The molecule has 0 aliphatic carbocycles. The molecule has 0 radical (unpaired) electrons. The molecule has 0 atom stereocenters. The molecule has 0 unspecified atom stereocenters. The molecule has 1 aliphatic rings. The Kier molecular flexibility index (Phi) is 6.91. The molecule has 0 spiro atoms. The van der Waals surface area contributed by atoms with Gasteiger partial charge in [0.15, 0.2) is 5.82 Å². The number of piperazine rings is 1. The average molecular weight is 516 g/mol. The van der Waals surface area contributed by atoms with Gasteiger partial charge in [-0.15, -0.1) is 0 Å². The number of nitro groups is 1. The van der Waals surface area contributed by atoms with Crippen LogP contribution in [0.1, 0.15) is 10.5 Å². The molecule has 0 bridgehead atoms. The summed E-state index contributed by atoms with van der Waals surface area (Å²) < 4.78 is 0. The molecule has 5 rings (SSSR count). The van der Waals surface area contributed by atoms with E-state index < -0.39 is 10.8 Å². The van der Waals surface area contributed by atoms with Crippen molar-refractivity contribution >= 4 is 40.5 Å². The lowest BCUT2D eigenvalue weighted by molar-refractivity contribution is -0.384. The summed E-state index contributed by atoms with van der Waals surface area (Å²) in [4.78, 5) is 41.7. The van der Waals surface area contributed by atoms with Gasteiger partial charge < -0.3 is 15.1 Å². The second-order valence-corrected chi connectivity index (χ2v) is 8.74. The van der Waals surface area contributed by atoms with Gasteiger partial charge in [-0.2, -0.15) is 0 Å². The Balaban J connectivity index is 1.45. The molecular formula is C26H22ClN7O3. The number of halogens is 1. The first-order valence-electron chi connectivity index (χ1n) is 11.6.